The molecule has 1 aromatic rings. The number of amides is 1. The van der Waals surface area contributed by atoms with Crippen molar-refractivity contribution in [2.24, 2.45) is 0 Å². The number of nitrogens with zero attached hydrogens (tertiary/aromatic N) is 3. The molecule has 0 aromatic carbocycles. The molecule has 0 radical (unpaired) electrons. The van der Waals surface area contributed by atoms with E-state index < -0.39 is 6.09 Å². The first-order chi connectivity index (χ1) is 8.09. The summed E-state index contributed by atoms with van der Waals surface area (Å²) in [7, 11) is 0. The maximum Gasteiger partial charge on any atom is 0.407 e. The predicted molar refractivity (Wildman–Crippen MR) is 66.1 cm³/mol. The molecule has 5 nitrogen and oxygen atoms in total. The Hall–Kier alpha value is -1.52. The van der Waals surface area contributed by atoms with Gasteiger partial charge in [-0.2, -0.15) is 0 Å². The van der Waals surface area contributed by atoms with Crippen LogP contribution < -0.4 is 0 Å². The van der Waals surface area contributed by atoms with Gasteiger partial charge in [-0.15, -0.1) is 0 Å². The van der Waals surface area contributed by atoms with E-state index in [1.165, 1.54) is 10.6 Å². The van der Waals surface area contributed by atoms with Crippen LogP contribution in [0.25, 0.3) is 0 Å². The molecule has 0 saturated carbocycles. The lowest BCUT2D eigenvalue weighted by molar-refractivity contribution is 0.138. The van der Waals surface area contributed by atoms with Gasteiger partial charge in [-0.3, -0.25) is 0 Å². The Bertz CT molecular complexity index is 385. The quantitative estimate of drug-likeness (QED) is 0.819. The normalized spacial score (nSPS) is 14.1. The summed E-state index contributed by atoms with van der Waals surface area (Å²) in [6, 6.07) is 0.387. The summed E-state index contributed by atoms with van der Waals surface area (Å²) < 4.78 is 2.12. The molecule has 0 bridgehead atoms. The van der Waals surface area contributed by atoms with Gasteiger partial charge < -0.3 is 14.6 Å². The van der Waals surface area contributed by atoms with E-state index in [9.17, 15) is 4.79 Å². The van der Waals surface area contributed by atoms with Gasteiger partial charge in [0.25, 0.3) is 0 Å². The van der Waals surface area contributed by atoms with E-state index >= 15 is 0 Å². The third-order valence-corrected chi connectivity index (χ3v) is 2.77. The first kappa shape index (κ1) is 13.5. The van der Waals surface area contributed by atoms with E-state index in [0.717, 1.165) is 12.1 Å². The highest BCUT2D eigenvalue weighted by Gasteiger charge is 2.24. The van der Waals surface area contributed by atoms with Crippen LogP contribution >= 0.6 is 0 Å². The second-order valence-corrected chi connectivity index (χ2v) is 4.09. The predicted octanol–water partition coefficient (Wildman–Crippen LogP) is 2.53. The molecule has 1 N–H and O–H groups in total. The molecule has 17 heavy (non-hydrogen) atoms. The van der Waals surface area contributed by atoms with Crippen LogP contribution in [0.5, 0.6) is 0 Å². The summed E-state index contributed by atoms with van der Waals surface area (Å²) >= 11 is 0. The lowest BCUT2D eigenvalue weighted by Gasteiger charge is -2.25. The molecule has 1 aromatic heterocycles. The van der Waals surface area contributed by atoms with Crippen LogP contribution in [0.15, 0.2) is 6.33 Å². The molecule has 96 valence electrons. The zero-order valence-electron chi connectivity index (χ0n) is 11.0. The first-order valence-corrected chi connectivity index (χ1v) is 6.12. The highest BCUT2D eigenvalue weighted by Crippen LogP contribution is 2.20. The van der Waals surface area contributed by atoms with Gasteiger partial charge in [-0.25, -0.2) is 9.78 Å². The number of hydrogen-bond donors (Lipinski definition) is 1. The van der Waals surface area contributed by atoms with E-state index in [1.54, 1.807) is 6.33 Å². The fraction of sp³-hybridized carbons (Fsp3) is 0.667. The highest BCUT2D eigenvalue weighted by molar-refractivity contribution is 5.65. The number of imidazole rings is 1. The third-order valence-electron chi connectivity index (χ3n) is 2.77. The van der Waals surface area contributed by atoms with Crippen molar-refractivity contribution in [2.75, 3.05) is 6.54 Å². The molecule has 0 spiro atoms. The standard InChI is InChI=1S/C10H15N3O2.C2H6/c1-7(2)13-6-11-8-5-12(10(14)15)4-3-9(8)13;1-2/h6-7H,3-5H2,1-2H3,(H,14,15);1-2H3. The van der Waals surface area contributed by atoms with Gasteiger partial charge in [0, 0.05) is 24.7 Å². The Balaban J connectivity index is 0.000000686. The van der Waals surface area contributed by atoms with E-state index in [-0.39, 0.29) is 0 Å². The maximum absolute atomic E-state index is 10.8. The molecule has 5 heteroatoms. The number of carboxylic acid groups (broad SMARTS) is 1. The molecule has 2 rings (SSSR count). The molecule has 1 aliphatic rings. The molecule has 1 amide bonds. The molecule has 2 heterocycles. The second kappa shape index (κ2) is 5.70. The zero-order valence-corrected chi connectivity index (χ0v) is 11.0. The van der Waals surface area contributed by atoms with Gasteiger partial charge >= 0.3 is 6.09 Å². The van der Waals surface area contributed by atoms with Crippen molar-refractivity contribution >= 4 is 6.09 Å². The minimum absolute atomic E-state index is 0.387. The maximum atomic E-state index is 10.8. The Morgan fingerprint density at radius 3 is 2.65 bits per heavy atom. The lowest BCUT2D eigenvalue weighted by atomic mass is 10.1. The van der Waals surface area contributed by atoms with Crippen LogP contribution in [0.1, 0.15) is 45.1 Å². The molecule has 0 fully saturated rings. The van der Waals surface area contributed by atoms with Crippen molar-refractivity contribution < 1.29 is 9.90 Å². The number of hydrogen-bond acceptors (Lipinski definition) is 2. The number of carbonyl (C=O) groups is 1. The van der Waals surface area contributed by atoms with Crippen LogP contribution in [0, 0.1) is 0 Å². The van der Waals surface area contributed by atoms with E-state index in [2.05, 4.69) is 23.4 Å². The average Bonchev–Trinajstić information content (AvgIpc) is 2.74. The van der Waals surface area contributed by atoms with Crippen molar-refractivity contribution in [3.8, 4) is 0 Å². The van der Waals surface area contributed by atoms with Crippen molar-refractivity contribution in [3.63, 3.8) is 0 Å². The minimum Gasteiger partial charge on any atom is -0.465 e. The van der Waals surface area contributed by atoms with Gasteiger partial charge in [0.15, 0.2) is 0 Å². The summed E-state index contributed by atoms with van der Waals surface area (Å²) in [5.41, 5.74) is 2.08. The lowest BCUT2D eigenvalue weighted by Crippen LogP contribution is -2.35. The average molecular weight is 239 g/mol. The van der Waals surface area contributed by atoms with Crippen molar-refractivity contribution in [2.45, 2.75) is 46.7 Å². The Labute approximate surface area is 102 Å². The van der Waals surface area contributed by atoms with E-state index in [1.807, 2.05) is 13.8 Å². The van der Waals surface area contributed by atoms with Gasteiger partial charge in [-0.1, -0.05) is 13.8 Å². The van der Waals surface area contributed by atoms with Crippen LogP contribution in [-0.4, -0.2) is 32.2 Å². The summed E-state index contributed by atoms with van der Waals surface area (Å²) in [6.45, 7) is 9.20. The van der Waals surface area contributed by atoms with Crippen LogP contribution in [0.4, 0.5) is 4.79 Å². The summed E-state index contributed by atoms with van der Waals surface area (Å²) in [6.07, 6.45) is 1.71. The SMILES string of the molecule is CC.CC(C)n1cnc2c1CCN(C(=O)O)C2. The van der Waals surface area contributed by atoms with Crippen molar-refractivity contribution in [1.82, 2.24) is 14.5 Å². The fourth-order valence-corrected chi connectivity index (χ4v) is 1.94. The third kappa shape index (κ3) is 2.78. The zero-order chi connectivity index (χ0) is 13.0. The number of fused-ring (bicyclic) bond motifs is 1. The molecule has 0 unspecified atom stereocenters. The Morgan fingerprint density at radius 2 is 2.12 bits per heavy atom. The topological polar surface area (TPSA) is 58.4 Å². The Kier molecular flexibility index (Phi) is 4.54. The molecule has 0 aliphatic carbocycles. The molecule has 0 saturated heterocycles. The van der Waals surface area contributed by atoms with Gasteiger partial charge in [0.1, 0.15) is 0 Å². The van der Waals surface area contributed by atoms with Gasteiger partial charge in [0.2, 0.25) is 0 Å². The van der Waals surface area contributed by atoms with Gasteiger partial charge in [0.05, 0.1) is 18.6 Å². The highest BCUT2D eigenvalue weighted by atomic mass is 16.4. The van der Waals surface area contributed by atoms with Gasteiger partial charge in [-0.05, 0) is 13.8 Å². The van der Waals surface area contributed by atoms with E-state index in [0.29, 0.717) is 19.1 Å². The molecule has 1 aliphatic heterocycles. The minimum atomic E-state index is -0.861. The number of aromatic nitrogens is 2. The molecule has 0 atom stereocenters. The number of rotatable bonds is 1. The monoisotopic (exact) mass is 239 g/mol. The van der Waals surface area contributed by atoms with E-state index in [4.69, 9.17) is 5.11 Å². The van der Waals surface area contributed by atoms with Crippen LogP contribution in [0.3, 0.4) is 0 Å². The summed E-state index contributed by atoms with van der Waals surface area (Å²) in [4.78, 5) is 16.5. The molecular weight excluding hydrogens is 218 g/mol. The summed E-state index contributed by atoms with van der Waals surface area (Å²) in [5, 5.41) is 8.87. The first-order valence-electron chi connectivity index (χ1n) is 6.12. The second-order valence-electron chi connectivity index (χ2n) is 4.09. The van der Waals surface area contributed by atoms with Crippen LogP contribution in [0.2, 0.25) is 0 Å². The summed E-state index contributed by atoms with van der Waals surface area (Å²) in [5.74, 6) is 0. The van der Waals surface area contributed by atoms with Crippen LogP contribution in [-0.2, 0) is 13.0 Å². The largest absolute Gasteiger partial charge is 0.465 e. The molecular formula is C12H21N3O2. The Morgan fingerprint density at radius 1 is 1.47 bits per heavy atom. The van der Waals surface area contributed by atoms with Crippen molar-refractivity contribution in [3.05, 3.63) is 17.7 Å². The fourth-order valence-electron chi connectivity index (χ4n) is 1.94. The van der Waals surface area contributed by atoms with Crippen molar-refractivity contribution in [1.29, 1.82) is 0 Å². The smallest absolute Gasteiger partial charge is 0.407 e.